The van der Waals surface area contributed by atoms with Gasteiger partial charge in [-0.2, -0.15) is 0 Å². The molecule has 28 heavy (non-hydrogen) atoms. The molecular formula is C23H31NO3S. The molecule has 1 aliphatic carbocycles. The van der Waals surface area contributed by atoms with E-state index in [9.17, 15) is 8.42 Å². The van der Waals surface area contributed by atoms with Crippen molar-refractivity contribution in [3.63, 3.8) is 0 Å². The Labute approximate surface area is 169 Å². The summed E-state index contributed by atoms with van der Waals surface area (Å²) in [6.07, 6.45) is 4.11. The molecule has 3 rings (SSSR count). The minimum Gasteiger partial charge on any atom is -0.494 e. The van der Waals surface area contributed by atoms with Gasteiger partial charge in [-0.1, -0.05) is 43.3 Å². The molecule has 0 amide bonds. The summed E-state index contributed by atoms with van der Waals surface area (Å²) in [7, 11) is -2.95. The summed E-state index contributed by atoms with van der Waals surface area (Å²) in [6.45, 7) is 2.30. The van der Waals surface area contributed by atoms with E-state index in [1.54, 1.807) is 0 Å². The number of nitrogens with two attached hydrogens (primary N) is 1. The first-order chi connectivity index (χ1) is 13.5. The zero-order chi connectivity index (χ0) is 20.0. The third-order valence-electron chi connectivity index (χ3n) is 5.46. The zero-order valence-electron chi connectivity index (χ0n) is 16.6. The number of hydrogen-bond donors (Lipinski definition) is 1. The number of aryl methyl sites for hydroxylation is 1. The molecule has 0 bridgehead atoms. The van der Waals surface area contributed by atoms with E-state index in [1.165, 1.54) is 16.7 Å². The fraction of sp³-hybridized carbons (Fsp3) is 0.478. The molecule has 2 N–H and O–H groups in total. The summed E-state index contributed by atoms with van der Waals surface area (Å²) in [4.78, 5) is 0. The fourth-order valence-electron chi connectivity index (χ4n) is 4.00. The maximum Gasteiger partial charge on any atom is 0.150 e. The summed E-state index contributed by atoms with van der Waals surface area (Å²) in [5, 5.41) is 0. The van der Waals surface area contributed by atoms with E-state index in [2.05, 4.69) is 36.4 Å². The van der Waals surface area contributed by atoms with Gasteiger partial charge in [0, 0.05) is 17.7 Å². The topological polar surface area (TPSA) is 69.4 Å². The highest BCUT2D eigenvalue weighted by Gasteiger charge is 2.27. The highest BCUT2D eigenvalue weighted by atomic mass is 32.2. The highest BCUT2D eigenvalue weighted by molar-refractivity contribution is 7.91. The average Bonchev–Trinajstić information content (AvgIpc) is 2.68. The summed E-state index contributed by atoms with van der Waals surface area (Å²) in [5.41, 5.74) is 10.4. The molecule has 5 heteroatoms. The lowest BCUT2D eigenvalue weighted by Gasteiger charge is -2.32. The van der Waals surface area contributed by atoms with Crippen LogP contribution in [0, 0.1) is 0 Å². The number of benzene rings is 2. The molecule has 0 aromatic heterocycles. The number of sulfone groups is 1. The molecule has 2 aromatic carbocycles. The largest absolute Gasteiger partial charge is 0.494 e. The van der Waals surface area contributed by atoms with Crippen molar-refractivity contribution in [2.75, 3.05) is 18.1 Å². The van der Waals surface area contributed by atoms with Crippen LogP contribution in [-0.4, -0.2) is 32.6 Å². The second kappa shape index (κ2) is 9.57. The molecule has 0 spiro atoms. The molecular weight excluding hydrogens is 370 g/mol. The summed E-state index contributed by atoms with van der Waals surface area (Å²) >= 11 is 0. The van der Waals surface area contributed by atoms with Gasteiger partial charge < -0.3 is 10.5 Å². The smallest absolute Gasteiger partial charge is 0.150 e. The predicted molar refractivity (Wildman–Crippen MR) is 115 cm³/mol. The van der Waals surface area contributed by atoms with Gasteiger partial charge in [0.15, 0.2) is 0 Å². The lowest BCUT2D eigenvalue weighted by molar-refractivity contribution is 0.316. The van der Waals surface area contributed by atoms with Crippen LogP contribution in [-0.2, 0) is 22.7 Å². The van der Waals surface area contributed by atoms with E-state index >= 15 is 0 Å². The Balaban J connectivity index is 1.66. The minimum atomic E-state index is -2.95. The van der Waals surface area contributed by atoms with Gasteiger partial charge in [-0.25, -0.2) is 8.42 Å². The summed E-state index contributed by atoms with van der Waals surface area (Å²) in [5.74, 6) is 1.52. The van der Waals surface area contributed by atoms with E-state index in [1.807, 2.05) is 19.1 Å². The Kier molecular flexibility index (Phi) is 7.13. The third kappa shape index (κ3) is 5.58. The van der Waals surface area contributed by atoms with Gasteiger partial charge in [-0.05, 0) is 60.9 Å². The Hall–Kier alpha value is -1.85. The summed E-state index contributed by atoms with van der Waals surface area (Å²) < 4.78 is 29.5. The monoisotopic (exact) mass is 401 g/mol. The fourth-order valence-corrected chi connectivity index (χ4v) is 5.38. The lowest BCUT2D eigenvalue weighted by atomic mass is 9.76. The maximum atomic E-state index is 11.8. The molecule has 0 fully saturated rings. The van der Waals surface area contributed by atoms with Crippen LogP contribution in [0.2, 0.25) is 0 Å². The zero-order valence-corrected chi connectivity index (χ0v) is 17.5. The Bertz CT molecular complexity index is 865. The molecule has 1 aliphatic rings. The molecule has 0 aliphatic heterocycles. The van der Waals surface area contributed by atoms with Crippen LogP contribution in [0.4, 0.5) is 0 Å². The van der Waals surface area contributed by atoms with Crippen molar-refractivity contribution < 1.29 is 13.2 Å². The van der Waals surface area contributed by atoms with E-state index < -0.39 is 9.84 Å². The first kappa shape index (κ1) is 20.9. The second-order valence-corrected chi connectivity index (χ2v) is 10.0. The normalized spacial score (nSPS) is 19.2. The number of hydrogen-bond acceptors (Lipinski definition) is 4. The number of ether oxygens (including phenoxy) is 1. The molecule has 2 unspecified atom stereocenters. The minimum absolute atomic E-state index is 0.141. The summed E-state index contributed by atoms with van der Waals surface area (Å²) in [6, 6.07) is 16.9. The third-order valence-corrected chi connectivity index (χ3v) is 7.40. The number of rotatable bonds is 9. The molecule has 2 aromatic rings. The Morgan fingerprint density at radius 3 is 2.64 bits per heavy atom. The first-order valence-corrected chi connectivity index (χ1v) is 12.1. The van der Waals surface area contributed by atoms with Crippen molar-refractivity contribution >= 4 is 9.84 Å². The van der Waals surface area contributed by atoms with Crippen molar-refractivity contribution in [3.05, 3.63) is 65.2 Å². The number of fused-ring (bicyclic) bond motifs is 1. The van der Waals surface area contributed by atoms with Gasteiger partial charge >= 0.3 is 0 Å². The van der Waals surface area contributed by atoms with Gasteiger partial charge in [-0.3, -0.25) is 0 Å². The van der Waals surface area contributed by atoms with Crippen molar-refractivity contribution in [2.45, 2.75) is 51.0 Å². The van der Waals surface area contributed by atoms with E-state index in [-0.39, 0.29) is 23.5 Å². The highest BCUT2D eigenvalue weighted by Crippen LogP contribution is 2.35. The Morgan fingerprint density at radius 2 is 1.89 bits per heavy atom. The first-order valence-electron chi connectivity index (χ1n) is 10.2. The van der Waals surface area contributed by atoms with Gasteiger partial charge in [0.25, 0.3) is 0 Å². The molecule has 0 heterocycles. The van der Waals surface area contributed by atoms with Crippen molar-refractivity contribution in [2.24, 2.45) is 5.73 Å². The SMILES string of the molecule is CCCS(=O)(=O)CCCOc1ccc2c(c1)C(Cc1ccccc1)C(N)CC2. The molecule has 2 atom stereocenters. The predicted octanol–water partition coefficient (Wildman–Crippen LogP) is 3.88. The second-order valence-electron chi connectivity index (χ2n) is 7.71. The van der Waals surface area contributed by atoms with Gasteiger partial charge in [0.05, 0.1) is 12.4 Å². The van der Waals surface area contributed by atoms with E-state index in [0.29, 0.717) is 19.4 Å². The molecule has 4 nitrogen and oxygen atoms in total. The van der Waals surface area contributed by atoms with Crippen LogP contribution in [0.15, 0.2) is 48.5 Å². The van der Waals surface area contributed by atoms with Crippen LogP contribution in [0.5, 0.6) is 5.75 Å². The van der Waals surface area contributed by atoms with Crippen LogP contribution >= 0.6 is 0 Å². The quantitative estimate of drug-likeness (QED) is 0.648. The van der Waals surface area contributed by atoms with Crippen molar-refractivity contribution in [1.29, 1.82) is 0 Å². The van der Waals surface area contributed by atoms with E-state index in [0.717, 1.165) is 25.0 Å². The van der Waals surface area contributed by atoms with Crippen LogP contribution < -0.4 is 10.5 Å². The van der Waals surface area contributed by atoms with Crippen LogP contribution in [0.1, 0.15) is 48.8 Å². The lowest BCUT2D eigenvalue weighted by Crippen LogP contribution is -2.34. The standard InChI is InChI=1S/C23H31NO3S/c1-2-14-28(25,26)15-6-13-27-20-11-9-19-10-12-23(24)22(21(19)17-20)16-18-7-4-3-5-8-18/h3-5,7-9,11,17,22-23H,2,6,10,12-16,24H2,1H3. The molecule has 0 saturated carbocycles. The van der Waals surface area contributed by atoms with Gasteiger partial charge in [0.1, 0.15) is 15.6 Å². The van der Waals surface area contributed by atoms with Crippen molar-refractivity contribution in [1.82, 2.24) is 0 Å². The van der Waals surface area contributed by atoms with Gasteiger partial charge in [0.2, 0.25) is 0 Å². The average molecular weight is 402 g/mol. The molecule has 0 saturated heterocycles. The maximum absolute atomic E-state index is 11.8. The molecule has 152 valence electrons. The van der Waals surface area contributed by atoms with Crippen LogP contribution in [0.25, 0.3) is 0 Å². The van der Waals surface area contributed by atoms with Gasteiger partial charge in [-0.15, -0.1) is 0 Å². The van der Waals surface area contributed by atoms with Crippen LogP contribution in [0.3, 0.4) is 0 Å². The Morgan fingerprint density at radius 1 is 1.11 bits per heavy atom. The van der Waals surface area contributed by atoms with E-state index in [4.69, 9.17) is 10.5 Å². The molecule has 0 radical (unpaired) electrons. The van der Waals surface area contributed by atoms with Crippen molar-refractivity contribution in [3.8, 4) is 5.75 Å².